The van der Waals surface area contributed by atoms with Crippen molar-refractivity contribution in [2.75, 3.05) is 5.32 Å². The maximum absolute atomic E-state index is 13.2. The molecule has 5 heteroatoms. The van der Waals surface area contributed by atoms with Gasteiger partial charge >= 0.3 is 0 Å². The molecule has 3 aromatic rings. The van der Waals surface area contributed by atoms with Gasteiger partial charge in [-0.25, -0.2) is 9.37 Å². The molecule has 0 aliphatic carbocycles. The molecule has 0 spiro atoms. The first kappa shape index (κ1) is 13.8. The molecule has 3 nitrogen and oxygen atoms in total. The van der Waals surface area contributed by atoms with Crippen LogP contribution >= 0.6 is 15.9 Å². The van der Waals surface area contributed by atoms with E-state index in [9.17, 15) is 4.39 Å². The lowest BCUT2D eigenvalue weighted by Gasteiger charge is -2.08. The minimum Gasteiger partial charge on any atom is -0.381 e. The molecule has 1 heterocycles. The lowest BCUT2D eigenvalue weighted by atomic mass is 10.2. The molecule has 0 atom stereocenters. The maximum atomic E-state index is 13.2. The fourth-order valence-corrected chi connectivity index (χ4v) is 2.39. The number of hydrogen-bond donors (Lipinski definition) is 1. The predicted octanol–water partition coefficient (Wildman–Crippen LogP) is 4.39. The molecule has 21 heavy (non-hydrogen) atoms. The monoisotopic (exact) mass is 345 g/mol. The zero-order valence-electron chi connectivity index (χ0n) is 11.1. The molecule has 0 saturated heterocycles. The van der Waals surface area contributed by atoms with Crippen molar-refractivity contribution in [2.45, 2.75) is 6.54 Å². The number of rotatable bonds is 4. The average Bonchev–Trinajstić information content (AvgIpc) is 3.03. The second kappa shape index (κ2) is 6.10. The van der Waals surface area contributed by atoms with Gasteiger partial charge in [0.05, 0.1) is 10.8 Å². The first-order chi connectivity index (χ1) is 10.2. The number of nitrogens with one attached hydrogen (secondary N) is 1. The fraction of sp³-hybridized carbons (Fsp3) is 0.0625. The Balaban J connectivity index is 1.66. The summed E-state index contributed by atoms with van der Waals surface area (Å²) in [5.41, 5.74) is 3.10. The van der Waals surface area contributed by atoms with Crippen molar-refractivity contribution < 1.29 is 4.39 Å². The molecule has 1 N–H and O–H groups in total. The summed E-state index contributed by atoms with van der Waals surface area (Å²) in [6.45, 7) is 0.683. The van der Waals surface area contributed by atoms with Crippen LogP contribution in [0.2, 0.25) is 0 Å². The van der Waals surface area contributed by atoms with Gasteiger partial charge in [-0.05, 0) is 51.8 Å². The van der Waals surface area contributed by atoms with E-state index < -0.39 is 0 Å². The van der Waals surface area contributed by atoms with Gasteiger partial charge in [0.15, 0.2) is 0 Å². The molecule has 0 aliphatic heterocycles. The first-order valence-corrected chi connectivity index (χ1v) is 7.28. The highest BCUT2D eigenvalue weighted by Crippen LogP contribution is 2.20. The zero-order chi connectivity index (χ0) is 14.7. The molecule has 0 saturated carbocycles. The Morgan fingerprint density at radius 3 is 2.62 bits per heavy atom. The third-order valence-corrected chi connectivity index (χ3v) is 3.76. The largest absolute Gasteiger partial charge is 0.381 e. The van der Waals surface area contributed by atoms with Gasteiger partial charge in [0.2, 0.25) is 0 Å². The molecule has 0 radical (unpaired) electrons. The molecular weight excluding hydrogens is 333 g/mol. The van der Waals surface area contributed by atoms with E-state index in [0.717, 1.165) is 16.9 Å². The SMILES string of the molecule is Fc1ccc(NCc2ccc(-n3ccnc3)cc2)cc1Br. The van der Waals surface area contributed by atoms with Crippen LogP contribution in [0.15, 0.2) is 65.7 Å². The normalized spacial score (nSPS) is 10.6. The van der Waals surface area contributed by atoms with Crippen molar-refractivity contribution >= 4 is 21.6 Å². The molecule has 0 unspecified atom stereocenters. The Kier molecular flexibility index (Phi) is 4.01. The summed E-state index contributed by atoms with van der Waals surface area (Å²) >= 11 is 3.18. The highest BCUT2D eigenvalue weighted by molar-refractivity contribution is 9.10. The summed E-state index contributed by atoms with van der Waals surface area (Å²) in [5.74, 6) is -0.259. The zero-order valence-corrected chi connectivity index (χ0v) is 12.7. The van der Waals surface area contributed by atoms with E-state index in [0.29, 0.717) is 11.0 Å². The van der Waals surface area contributed by atoms with Gasteiger partial charge in [-0.3, -0.25) is 0 Å². The number of halogens is 2. The quantitative estimate of drug-likeness (QED) is 0.760. The van der Waals surface area contributed by atoms with Crippen LogP contribution in [-0.4, -0.2) is 9.55 Å². The minimum absolute atomic E-state index is 0.259. The number of nitrogens with zero attached hydrogens (tertiary/aromatic N) is 2. The highest BCUT2D eigenvalue weighted by Gasteiger charge is 2.01. The number of aromatic nitrogens is 2. The number of imidazole rings is 1. The smallest absolute Gasteiger partial charge is 0.137 e. The lowest BCUT2D eigenvalue weighted by Crippen LogP contribution is -2.00. The van der Waals surface area contributed by atoms with Gasteiger partial charge in [0.1, 0.15) is 5.82 Å². The van der Waals surface area contributed by atoms with Crippen molar-refractivity contribution in [3.63, 3.8) is 0 Å². The van der Waals surface area contributed by atoms with Crippen molar-refractivity contribution in [2.24, 2.45) is 0 Å². The van der Waals surface area contributed by atoms with Crippen molar-refractivity contribution in [3.8, 4) is 5.69 Å². The Bertz CT molecular complexity index is 724. The summed E-state index contributed by atoms with van der Waals surface area (Å²) in [6.07, 6.45) is 5.43. The van der Waals surface area contributed by atoms with Crippen LogP contribution in [-0.2, 0) is 6.54 Å². The van der Waals surface area contributed by atoms with E-state index in [4.69, 9.17) is 0 Å². The fourth-order valence-electron chi connectivity index (χ4n) is 2.01. The first-order valence-electron chi connectivity index (χ1n) is 6.48. The summed E-state index contributed by atoms with van der Waals surface area (Å²) in [7, 11) is 0. The van der Waals surface area contributed by atoms with Gasteiger partial charge in [0, 0.05) is 30.3 Å². The van der Waals surface area contributed by atoms with Gasteiger partial charge in [-0.2, -0.15) is 0 Å². The van der Waals surface area contributed by atoms with E-state index in [-0.39, 0.29) is 5.82 Å². The molecule has 3 rings (SSSR count). The minimum atomic E-state index is -0.259. The second-order valence-electron chi connectivity index (χ2n) is 4.62. The van der Waals surface area contributed by atoms with E-state index >= 15 is 0 Å². The van der Waals surface area contributed by atoms with Crippen LogP contribution in [0, 0.1) is 5.82 Å². The third kappa shape index (κ3) is 3.31. The summed E-state index contributed by atoms with van der Waals surface area (Å²) in [6, 6.07) is 13.1. The van der Waals surface area contributed by atoms with Crippen LogP contribution in [0.4, 0.5) is 10.1 Å². The third-order valence-electron chi connectivity index (χ3n) is 3.16. The predicted molar refractivity (Wildman–Crippen MR) is 85.0 cm³/mol. The molecule has 2 aromatic carbocycles. The Hall–Kier alpha value is -2.14. The van der Waals surface area contributed by atoms with Crippen LogP contribution in [0.5, 0.6) is 0 Å². The lowest BCUT2D eigenvalue weighted by molar-refractivity contribution is 0.621. The molecule has 1 aromatic heterocycles. The molecule has 0 bridgehead atoms. The van der Waals surface area contributed by atoms with Crippen LogP contribution in [0.3, 0.4) is 0 Å². The molecule has 0 fully saturated rings. The van der Waals surface area contributed by atoms with E-state index in [1.54, 1.807) is 24.7 Å². The molecule has 0 aliphatic rings. The summed E-state index contributed by atoms with van der Waals surface area (Å²) in [4.78, 5) is 4.03. The van der Waals surface area contributed by atoms with E-state index in [2.05, 4.69) is 38.4 Å². The number of benzene rings is 2. The standard InChI is InChI=1S/C16H13BrFN3/c17-15-9-13(3-6-16(15)18)20-10-12-1-4-14(5-2-12)21-8-7-19-11-21/h1-9,11,20H,10H2. The van der Waals surface area contributed by atoms with Gasteiger partial charge in [0.25, 0.3) is 0 Å². The van der Waals surface area contributed by atoms with E-state index in [1.807, 2.05) is 22.9 Å². The Morgan fingerprint density at radius 2 is 1.95 bits per heavy atom. The molecular formula is C16H13BrFN3. The van der Waals surface area contributed by atoms with Crippen molar-refractivity contribution in [1.82, 2.24) is 9.55 Å². The summed E-state index contributed by atoms with van der Waals surface area (Å²) < 4.78 is 15.6. The highest BCUT2D eigenvalue weighted by atomic mass is 79.9. The second-order valence-corrected chi connectivity index (χ2v) is 5.47. The van der Waals surface area contributed by atoms with Gasteiger partial charge in [-0.1, -0.05) is 12.1 Å². The van der Waals surface area contributed by atoms with Crippen LogP contribution < -0.4 is 5.32 Å². The molecule has 0 amide bonds. The Labute approximate surface area is 130 Å². The van der Waals surface area contributed by atoms with Crippen molar-refractivity contribution in [3.05, 3.63) is 77.0 Å². The van der Waals surface area contributed by atoms with Crippen molar-refractivity contribution in [1.29, 1.82) is 0 Å². The van der Waals surface area contributed by atoms with Crippen LogP contribution in [0.1, 0.15) is 5.56 Å². The van der Waals surface area contributed by atoms with E-state index in [1.165, 1.54) is 6.07 Å². The number of anilines is 1. The average molecular weight is 346 g/mol. The Morgan fingerprint density at radius 1 is 1.14 bits per heavy atom. The van der Waals surface area contributed by atoms with Gasteiger partial charge in [-0.15, -0.1) is 0 Å². The summed E-state index contributed by atoms with van der Waals surface area (Å²) in [5, 5.41) is 3.27. The maximum Gasteiger partial charge on any atom is 0.137 e. The topological polar surface area (TPSA) is 29.9 Å². The molecule has 106 valence electrons. The van der Waals surface area contributed by atoms with Gasteiger partial charge < -0.3 is 9.88 Å². The number of hydrogen-bond acceptors (Lipinski definition) is 2. The van der Waals surface area contributed by atoms with Crippen LogP contribution in [0.25, 0.3) is 5.69 Å².